The molecule has 2 unspecified atom stereocenters. The summed E-state index contributed by atoms with van der Waals surface area (Å²) in [5, 5.41) is 25.3. The fraction of sp³-hybridized carbons (Fsp3) is 0.412. The van der Waals surface area contributed by atoms with Gasteiger partial charge in [-0.1, -0.05) is 24.3 Å². The van der Waals surface area contributed by atoms with Crippen molar-refractivity contribution >= 4 is 99.7 Å². The average Bonchev–Trinajstić information content (AvgIpc) is 3.16. The van der Waals surface area contributed by atoms with Crippen molar-refractivity contribution in [1.29, 1.82) is 0 Å². The van der Waals surface area contributed by atoms with Crippen LogP contribution in [0, 0.1) is 0 Å². The average molecular weight is 1130 g/mol. The van der Waals surface area contributed by atoms with Gasteiger partial charge in [0.05, 0.1) is 53.7 Å². The minimum absolute atomic E-state index is 0. The Kier molecular flexibility index (Phi) is 30.5. The second-order valence-corrected chi connectivity index (χ2v) is 20.1. The van der Waals surface area contributed by atoms with Gasteiger partial charge in [0.1, 0.15) is 20.2 Å². The quantitative estimate of drug-likeness (QED) is 0.0322. The molecule has 0 fully saturated rings. The van der Waals surface area contributed by atoms with Crippen LogP contribution in [0.5, 0.6) is 0 Å². The summed E-state index contributed by atoms with van der Waals surface area (Å²) in [6.45, 7) is 2.47. The number of anilines is 8. The summed E-state index contributed by atoms with van der Waals surface area (Å²) in [5.41, 5.74) is -0.548. The van der Waals surface area contributed by atoms with E-state index in [1.165, 1.54) is 85.9 Å². The number of aromatic nitrogens is 6. The first kappa shape index (κ1) is 69.1. The molecule has 0 aliphatic rings. The summed E-state index contributed by atoms with van der Waals surface area (Å²) >= 11 is 0. The van der Waals surface area contributed by atoms with E-state index in [0.29, 0.717) is 0 Å². The molecule has 68 heavy (non-hydrogen) atoms. The molecule has 4 N–H and O–H groups in total. The van der Waals surface area contributed by atoms with Crippen molar-refractivity contribution in [3.8, 4) is 0 Å². The molecule has 2 heterocycles. The first-order valence-corrected chi connectivity index (χ1v) is 24.5. The molecule has 2 atom stereocenters. The van der Waals surface area contributed by atoms with E-state index in [1.54, 1.807) is 0 Å². The number of aliphatic hydroxyl groups excluding tert-OH is 2. The smallest absolute Gasteiger partial charge is 0.748 e. The second-order valence-electron chi connectivity index (χ2n) is 14.3. The second kappa shape index (κ2) is 30.0. The zero-order valence-electron chi connectivity index (χ0n) is 38.9. The number of hydrogen-bond acceptors (Lipinski definition) is 26. The molecule has 0 spiro atoms. The van der Waals surface area contributed by atoms with Gasteiger partial charge in [-0.3, -0.25) is 0 Å². The molecule has 34 heteroatoms. The van der Waals surface area contributed by atoms with Crippen LogP contribution in [-0.4, -0.2) is 170 Å². The van der Waals surface area contributed by atoms with Gasteiger partial charge in [0.15, 0.2) is 0 Å². The molecule has 352 valence electrons. The van der Waals surface area contributed by atoms with Gasteiger partial charge < -0.3 is 58.7 Å². The molecule has 2 aromatic carbocycles. The topological polar surface area (TPSA) is 384 Å². The van der Waals surface area contributed by atoms with Crippen molar-refractivity contribution in [3.05, 3.63) is 47.5 Å². The molecule has 2 aromatic heterocycles. The number of likely N-dealkylation sites (N-methyl/N-ethyl adjacent to an activating group) is 2. The molecular formula is C34H44K4N12O14S4. The number of rotatable bonds is 22. The van der Waals surface area contributed by atoms with Crippen molar-refractivity contribution < 1.29 is 268 Å². The Hall–Kier alpha value is 1.11. The minimum Gasteiger partial charge on any atom is -0.748 e. The van der Waals surface area contributed by atoms with Crippen LogP contribution in [0.15, 0.2) is 46.2 Å². The third-order valence-corrected chi connectivity index (χ3v) is 11.7. The number of nitrogens with one attached hydrogen (secondary N) is 2. The largest absolute Gasteiger partial charge is 1.00 e. The van der Waals surface area contributed by atoms with E-state index < -0.39 is 74.0 Å². The summed E-state index contributed by atoms with van der Waals surface area (Å²) in [6, 6.07) is 6.87. The Labute approximate surface area is 565 Å². The molecule has 0 amide bonds. The molecule has 0 aliphatic carbocycles. The van der Waals surface area contributed by atoms with Gasteiger partial charge in [0, 0.05) is 65.7 Å². The van der Waals surface area contributed by atoms with E-state index in [4.69, 9.17) is 0 Å². The SMILES string of the molecule is CC(O)CN(C)c1nc(Nc2ccc(C=Cc3ccc(Nc4nc(N(C)CCS(=O)(=O)[O-])nc(N(C)CC(C)O)n4)cc3S(=O)(=O)[O-])c(S(=O)(=O)[O-])c2)nc(N(C)CCS(=O)(=O)[O-])n1.[K+].[K+].[K+].[K+]. The van der Waals surface area contributed by atoms with E-state index >= 15 is 0 Å². The monoisotopic (exact) mass is 1130 g/mol. The number of nitrogens with zero attached hydrogens (tertiary/aromatic N) is 10. The van der Waals surface area contributed by atoms with E-state index in [9.17, 15) is 62.1 Å². The fourth-order valence-electron chi connectivity index (χ4n) is 5.53. The van der Waals surface area contributed by atoms with Crippen LogP contribution in [0.25, 0.3) is 12.2 Å². The van der Waals surface area contributed by atoms with Crippen molar-refractivity contribution in [2.75, 3.05) is 96.1 Å². The Bertz CT molecular complexity index is 2630. The molecule has 0 saturated heterocycles. The molecule has 26 nitrogen and oxygen atoms in total. The normalized spacial score (nSPS) is 12.6. The maximum Gasteiger partial charge on any atom is 1.00 e. The zero-order valence-corrected chi connectivity index (χ0v) is 54.7. The van der Waals surface area contributed by atoms with Crippen molar-refractivity contribution in [2.45, 2.75) is 35.8 Å². The van der Waals surface area contributed by atoms with Gasteiger partial charge in [-0.15, -0.1) is 0 Å². The first-order valence-electron chi connectivity index (χ1n) is 18.5. The van der Waals surface area contributed by atoms with Gasteiger partial charge in [0.2, 0.25) is 35.7 Å². The van der Waals surface area contributed by atoms with Crippen LogP contribution in [0.1, 0.15) is 25.0 Å². The Morgan fingerprint density at radius 2 is 0.824 bits per heavy atom. The van der Waals surface area contributed by atoms with Crippen LogP contribution in [0.2, 0.25) is 0 Å². The van der Waals surface area contributed by atoms with Crippen LogP contribution in [-0.2, 0) is 40.5 Å². The summed E-state index contributed by atoms with van der Waals surface area (Å²) in [7, 11) is -13.8. The van der Waals surface area contributed by atoms with Gasteiger partial charge in [-0.05, 0) is 49.2 Å². The first-order chi connectivity index (χ1) is 29.5. The van der Waals surface area contributed by atoms with Crippen molar-refractivity contribution in [1.82, 2.24) is 29.9 Å². The van der Waals surface area contributed by atoms with E-state index in [2.05, 4.69) is 40.5 Å². The molecule has 0 saturated carbocycles. The Morgan fingerprint density at radius 1 is 0.529 bits per heavy atom. The van der Waals surface area contributed by atoms with E-state index in [-0.39, 0.29) is 290 Å². The molecule has 4 aromatic rings. The summed E-state index contributed by atoms with van der Waals surface area (Å²) in [5.74, 6) is -2.27. The standard InChI is InChI=1S/C34H48N12O14S4.4K/c1-21(47)19-45(5)33-39-29(37-31(41-33)43(3)13-15-61(49,50)51)35-25-11-9-23(27(17-25)63(55,56)57)7-8-24-10-12-26(18-28(24)64(58,59)60)36-30-38-32(44(4)14-16-62(52,53)54)42-34(40-30)46(6)20-22(2)48;;;;/h7-12,17-18,21-22,47-48H,13-16,19-20H2,1-6H3,(H,49,50,51)(H,52,53,54)(H,55,56,57)(H,58,59,60)(H,35,37,39,41)(H,36,38,40,42);;;;/q;4*+1/p-4. The molecule has 0 radical (unpaired) electrons. The van der Waals surface area contributed by atoms with Gasteiger partial charge in [-0.2, -0.15) is 29.9 Å². The number of aliphatic hydroxyl groups is 2. The van der Waals surface area contributed by atoms with Gasteiger partial charge in [0.25, 0.3) is 0 Å². The minimum atomic E-state index is -5.25. The Balaban J connectivity index is 0.0000112. The molecule has 0 aliphatic heterocycles. The predicted molar refractivity (Wildman–Crippen MR) is 230 cm³/mol. The molecule has 0 bridgehead atoms. The summed E-state index contributed by atoms with van der Waals surface area (Å²) in [6.07, 6.45) is 0.483. The third kappa shape index (κ3) is 23.3. The fourth-order valence-corrected chi connectivity index (χ4v) is 7.91. The maximum absolute atomic E-state index is 12.5. The van der Waals surface area contributed by atoms with Crippen LogP contribution in [0.3, 0.4) is 0 Å². The van der Waals surface area contributed by atoms with Crippen molar-refractivity contribution in [3.63, 3.8) is 0 Å². The maximum atomic E-state index is 12.5. The van der Waals surface area contributed by atoms with E-state index in [0.717, 1.165) is 24.3 Å². The van der Waals surface area contributed by atoms with Gasteiger partial charge >= 0.3 is 206 Å². The van der Waals surface area contributed by atoms with Gasteiger partial charge in [-0.25, -0.2) is 33.7 Å². The molecule has 4 rings (SSSR count). The Morgan fingerprint density at radius 3 is 1.09 bits per heavy atom. The number of benzene rings is 2. The number of hydrogen-bond donors (Lipinski definition) is 4. The van der Waals surface area contributed by atoms with Crippen LogP contribution in [0.4, 0.5) is 47.1 Å². The summed E-state index contributed by atoms with van der Waals surface area (Å²) < 4.78 is 143. The zero-order chi connectivity index (χ0) is 47.9. The van der Waals surface area contributed by atoms with E-state index in [1.807, 2.05) is 0 Å². The summed E-state index contributed by atoms with van der Waals surface area (Å²) in [4.78, 5) is 29.3. The van der Waals surface area contributed by atoms with Crippen LogP contribution >= 0.6 is 0 Å². The molecular weight excluding hydrogens is 1090 g/mol. The van der Waals surface area contributed by atoms with Crippen LogP contribution < -0.4 is 236 Å². The third-order valence-electron chi connectivity index (χ3n) is 8.54. The van der Waals surface area contributed by atoms with Crippen molar-refractivity contribution in [2.24, 2.45) is 0 Å². The predicted octanol–water partition coefficient (Wildman–Crippen LogP) is -12.9.